The van der Waals surface area contributed by atoms with Crippen LogP contribution in [0.2, 0.25) is 0 Å². The Labute approximate surface area is 115 Å². The Kier molecular flexibility index (Phi) is 2.88. The van der Waals surface area contributed by atoms with Gasteiger partial charge in [-0.15, -0.1) is 0 Å². The molecule has 20 heavy (non-hydrogen) atoms. The van der Waals surface area contributed by atoms with Crippen LogP contribution in [0.3, 0.4) is 0 Å². The number of carbonyl (C=O) groups is 1. The summed E-state index contributed by atoms with van der Waals surface area (Å²) in [5, 5.41) is 15.8. The lowest BCUT2D eigenvalue weighted by molar-refractivity contribution is -0.117. The van der Waals surface area contributed by atoms with Crippen molar-refractivity contribution in [3.8, 4) is 11.8 Å². The summed E-state index contributed by atoms with van der Waals surface area (Å²) in [5.41, 5.74) is 1.20. The van der Waals surface area contributed by atoms with E-state index in [0.29, 0.717) is 12.2 Å². The van der Waals surface area contributed by atoms with Gasteiger partial charge in [0.1, 0.15) is 29.9 Å². The SMILES string of the molecule is Cn1cc(C#N)c(NC(=O)C2COc3ccccc32)n1. The van der Waals surface area contributed by atoms with Crippen molar-refractivity contribution in [2.45, 2.75) is 5.92 Å². The first-order chi connectivity index (χ1) is 9.69. The normalized spacial score (nSPS) is 16.1. The van der Waals surface area contributed by atoms with Crippen molar-refractivity contribution in [2.24, 2.45) is 7.05 Å². The van der Waals surface area contributed by atoms with Crippen LogP contribution in [0.1, 0.15) is 17.0 Å². The van der Waals surface area contributed by atoms with Crippen LogP contribution in [-0.4, -0.2) is 22.3 Å². The third-order valence-corrected chi connectivity index (χ3v) is 3.21. The summed E-state index contributed by atoms with van der Waals surface area (Å²) in [4.78, 5) is 12.3. The second-order valence-corrected chi connectivity index (χ2v) is 4.57. The maximum absolute atomic E-state index is 12.3. The number of nitriles is 1. The van der Waals surface area contributed by atoms with E-state index in [0.717, 1.165) is 11.3 Å². The first-order valence-corrected chi connectivity index (χ1v) is 6.15. The van der Waals surface area contributed by atoms with Gasteiger partial charge in [-0.3, -0.25) is 9.48 Å². The zero-order valence-electron chi connectivity index (χ0n) is 10.8. The van der Waals surface area contributed by atoms with Crippen molar-refractivity contribution >= 4 is 11.7 Å². The van der Waals surface area contributed by atoms with Crippen molar-refractivity contribution in [3.63, 3.8) is 0 Å². The molecule has 1 aliphatic heterocycles. The molecule has 1 N–H and O–H groups in total. The zero-order valence-corrected chi connectivity index (χ0v) is 10.8. The number of para-hydroxylation sites is 1. The molecular weight excluding hydrogens is 256 g/mol. The van der Waals surface area contributed by atoms with E-state index < -0.39 is 0 Å². The lowest BCUT2D eigenvalue weighted by atomic mass is 10.0. The monoisotopic (exact) mass is 268 g/mol. The number of aromatic nitrogens is 2. The summed E-state index contributed by atoms with van der Waals surface area (Å²) in [5.74, 6) is 0.420. The molecule has 1 aliphatic rings. The van der Waals surface area contributed by atoms with Gasteiger partial charge in [0.25, 0.3) is 0 Å². The fourth-order valence-electron chi connectivity index (χ4n) is 2.25. The summed E-state index contributed by atoms with van der Waals surface area (Å²) >= 11 is 0. The van der Waals surface area contributed by atoms with Gasteiger partial charge in [0.15, 0.2) is 5.82 Å². The average Bonchev–Trinajstić information content (AvgIpc) is 3.02. The molecule has 0 aliphatic carbocycles. The highest BCUT2D eigenvalue weighted by molar-refractivity contribution is 5.97. The third kappa shape index (κ3) is 1.99. The van der Waals surface area contributed by atoms with Gasteiger partial charge in [-0.1, -0.05) is 18.2 Å². The topological polar surface area (TPSA) is 79.9 Å². The number of aryl methyl sites for hydroxylation is 1. The van der Waals surface area contributed by atoms with Crippen LogP contribution in [-0.2, 0) is 11.8 Å². The van der Waals surface area contributed by atoms with Crippen molar-refractivity contribution in [1.82, 2.24) is 9.78 Å². The molecule has 0 radical (unpaired) electrons. The minimum Gasteiger partial charge on any atom is -0.492 e. The number of hydrogen-bond donors (Lipinski definition) is 1. The van der Waals surface area contributed by atoms with Crippen molar-refractivity contribution < 1.29 is 9.53 Å². The summed E-state index contributed by atoms with van der Waals surface area (Å²) in [6.07, 6.45) is 1.56. The van der Waals surface area contributed by atoms with Crippen LogP contribution in [0.5, 0.6) is 5.75 Å². The molecule has 1 atom stereocenters. The highest BCUT2D eigenvalue weighted by atomic mass is 16.5. The standard InChI is InChI=1S/C14H12N4O2/c1-18-7-9(6-15)13(17-18)16-14(19)11-8-20-12-5-3-2-4-10(11)12/h2-5,7,11H,8H2,1H3,(H,16,17,19). The second kappa shape index (κ2) is 4.70. The van der Waals surface area contributed by atoms with Crippen molar-refractivity contribution in [1.29, 1.82) is 5.26 Å². The molecule has 1 aromatic carbocycles. The minimum atomic E-state index is -0.375. The van der Waals surface area contributed by atoms with E-state index in [1.54, 1.807) is 13.2 Å². The number of amides is 1. The molecule has 1 aromatic heterocycles. The maximum atomic E-state index is 12.3. The van der Waals surface area contributed by atoms with Gasteiger partial charge in [-0.05, 0) is 6.07 Å². The molecule has 3 rings (SSSR count). The smallest absolute Gasteiger partial charge is 0.236 e. The number of rotatable bonds is 2. The van der Waals surface area contributed by atoms with Gasteiger partial charge < -0.3 is 10.1 Å². The first kappa shape index (κ1) is 12.2. The van der Waals surface area contributed by atoms with E-state index >= 15 is 0 Å². The van der Waals surface area contributed by atoms with E-state index in [1.807, 2.05) is 30.3 Å². The van der Waals surface area contributed by atoms with Gasteiger partial charge >= 0.3 is 0 Å². The Morgan fingerprint density at radius 2 is 2.35 bits per heavy atom. The molecule has 100 valence electrons. The summed E-state index contributed by atoms with van der Waals surface area (Å²) < 4.78 is 6.97. The molecule has 6 nitrogen and oxygen atoms in total. The Morgan fingerprint density at radius 3 is 3.15 bits per heavy atom. The Morgan fingerprint density at radius 1 is 1.55 bits per heavy atom. The Bertz CT molecular complexity index is 714. The molecule has 0 spiro atoms. The predicted octanol–water partition coefficient (Wildman–Crippen LogP) is 1.41. The number of carbonyl (C=O) groups excluding carboxylic acids is 1. The first-order valence-electron chi connectivity index (χ1n) is 6.15. The van der Waals surface area contributed by atoms with E-state index in [4.69, 9.17) is 10.00 Å². The lowest BCUT2D eigenvalue weighted by Crippen LogP contribution is -2.22. The highest BCUT2D eigenvalue weighted by Crippen LogP contribution is 2.34. The quantitative estimate of drug-likeness (QED) is 0.893. The van der Waals surface area contributed by atoms with Crippen LogP contribution in [0.25, 0.3) is 0 Å². The number of nitrogens with zero attached hydrogens (tertiary/aromatic N) is 3. The number of benzene rings is 1. The molecular formula is C14H12N4O2. The molecule has 0 saturated heterocycles. The molecule has 0 bridgehead atoms. The fraction of sp³-hybridized carbons (Fsp3) is 0.214. The molecule has 1 amide bonds. The van der Waals surface area contributed by atoms with Gasteiger partial charge in [0.2, 0.25) is 5.91 Å². The molecule has 2 heterocycles. The molecule has 6 heteroatoms. The number of nitrogens with one attached hydrogen (secondary N) is 1. The van der Waals surface area contributed by atoms with Gasteiger partial charge in [0, 0.05) is 18.8 Å². The lowest BCUT2D eigenvalue weighted by Gasteiger charge is -2.08. The maximum Gasteiger partial charge on any atom is 0.236 e. The molecule has 0 fully saturated rings. The summed E-state index contributed by atoms with van der Waals surface area (Å²) in [7, 11) is 1.70. The van der Waals surface area contributed by atoms with Crippen LogP contribution in [0.4, 0.5) is 5.82 Å². The number of ether oxygens (including phenoxy) is 1. The van der Waals surface area contributed by atoms with Crippen LogP contribution < -0.4 is 10.1 Å². The largest absolute Gasteiger partial charge is 0.492 e. The average molecular weight is 268 g/mol. The van der Waals surface area contributed by atoms with Crippen LogP contribution >= 0.6 is 0 Å². The van der Waals surface area contributed by atoms with E-state index in [1.165, 1.54) is 4.68 Å². The van der Waals surface area contributed by atoms with Crippen LogP contribution in [0, 0.1) is 11.3 Å². The van der Waals surface area contributed by atoms with E-state index in [-0.39, 0.29) is 17.6 Å². The molecule has 2 aromatic rings. The third-order valence-electron chi connectivity index (χ3n) is 3.21. The fourth-order valence-corrected chi connectivity index (χ4v) is 2.25. The van der Waals surface area contributed by atoms with Gasteiger partial charge in [0.05, 0.1) is 0 Å². The van der Waals surface area contributed by atoms with Crippen molar-refractivity contribution in [2.75, 3.05) is 11.9 Å². The Hall–Kier alpha value is -2.81. The zero-order chi connectivity index (χ0) is 14.1. The van der Waals surface area contributed by atoms with E-state index in [9.17, 15) is 4.79 Å². The highest BCUT2D eigenvalue weighted by Gasteiger charge is 2.30. The summed E-state index contributed by atoms with van der Waals surface area (Å²) in [6, 6.07) is 9.45. The van der Waals surface area contributed by atoms with Gasteiger partial charge in [-0.25, -0.2) is 0 Å². The second-order valence-electron chi connectivity index (χ2n) is 4.57. The minimum absolute atomic E-state index is 0.217. The van der Waals surface area contributed by atoms with Gasteiger partial charge in [-0.2, -0.15) is 10.4 Å². The van der Waals surface area contributed by atoms with E-state index in [2.05, 4.69) is 10.4 Å². The molecule has 1 unspecified atom stereocenters. The number of fused-ring (bicyclic) bond motifs is 1. The number of hydrogen-bond acceptors (Lipinski definition) is 4. The van der Waals surface area contributed by atoms with Crippen LogP contribution in [0.15, 0.2) is 30.5 Å². The molecule has 0 saturated carbocycles. The van der Waals surface area contributed by atoms with Crippen molar-refractivity contribution in [3.05, 3.63) is 41.6 Å². The number of anilines is 1. The summed E-state index contributed by atoms with van der Waals surface area (Å²) in [6.45, 7) is 0.305. The Balaban J connectivity index is 1.83. The predicted molar refractivity (Wildman–Crippen MR) is 71.2 cm³/mol.